The minimum Gasteiger partial charge on any atom is -0.354 e. The third-order valence-electron chi connectivity index (χ3n) is 7.77. The van der Waals surface area contributed by atoms with Gasteiger partial charge in [-0.2, -0.15) is 5.10 Å². The number of benzene rings is 2. The molecule has 3 atom stereocenters. The Morgan fingerprint density at radius 1 is 0.844 bits per heavy atom. The van der Waals surface area contributed by atoms with Gasteiger partial charge in [0.1, 0.15) is 18.1 Å². The molecule has 11 nitrogen and oxygen atoms in total. The first-order valence-corrected chi connectivity index (χ1v) is 15.7. The Bertz CT molecular complexity index is 1390. The summed E-state index contributed by atoms with van der Waals surface area (Å²) in [6, 6.07) is 16.2. The van der Waals surface area contributed by atoms with Gasteiger partial charge < -0.3 is 21.3 Å². The lowest BCUT2D eigenvalue weighted by Gasteiger charge is -2.25. The van der Waals surface area contributed by atoms with Gasteiger partial charge in [-0.15, -0.1) is 0 Å². The van der Waals surface area contributed by atoms with Crippen LogP contribution in [0.2, 0.25) is 0 Å². The average Bonchev–Trinajstić information content (AvgIpc) is 3.53. The number of rotatable bonds is 6. The van der Waals surface area contributed by atoms with Gasteiger partial charge in [0.15, 0.2) is 0 Å². The van der Waals surface area contributed by atoms with Gasteiger partial charge in [0, 0.05) is 43.5 Å². The van der Waals surface area contributed by atoms with Crippen LogP contribution in [0.3, 0.4) is 0 Å². The first-order valence-electron chi connectivity index (χ1n) is 15.7. The maximum absolute atomic E-state index is 13.7. The zero-order valence-corrected chi connectivity index (χ0v) is 26.3. The molecule has 2 aliphatic rings. The molecule has 0 unspecified atom stereocenters. The van der Waals surface area contributed by atoms with Gasteiger partial charge in [0.05, 0.1) is 0 Å². The molecule has 240 valence electrons. The Balaban J connectivity index is 1.59. The second-order valence-corrected chi connectivity index (χ2v) is 12.1. The van der Waals surface area contributed by atoms with Gasteiger partial charge in [0.2, 0.25) is 17.7 Å². The van der Waals surface area contributed by atoms with Crippen LogP contribution in [0.5, 0.6) is 0 Å². The van der Waals surface area contributed by atoms with Crippen molar-refractivity contribution < 1.29 is 19.2 Å². The van der Waals surface area contributed by atoms with Gasteiger partial charge in [0.25, 0.3) is 5.91 Å². The zero-order valence-electron chi connectivity index (χ0n) is 26.3. The van der Waals surface area contributed by atoms with Crippen LogP contribution in [0, 0.1) is 5.92 Å². The molecule has 3 heterocycles. The number of nitrogens with one attached hydrogen (secondary N) is 5. The van der Waals surface area contributed by atoms with E-state index in [-0.39, 0.29) is 24.2 Å². The second kappa shape index (κ2) is 16.5. The van der Waals surface area contributed by atoms with Crippen molar-refractivity contribution in [3.8, 4) is 0 Å². The number of carbonyl (C=O) groups excluding carboxylic acids is 4. The van der Waals surface area contributed by atoms with Crippen molar-refractivity contribution in [2.45, 2.75) is 77.7 Å². The lowest BCUT2D eigenvalue weighted by Crippen LogP contribution is -2.57. The fourth-order valence-electron chi connectivity index (χ4n) is 5.33. The van der Waals surface area contributed by atoms with Crippen molar-refractivity contribution in [2.75, 3.05) is 13.1 Å². The van der Waals surface area contributed by atoms with Crippen molar-refractivity contribution in [2.24, 2.45) is 5.92 Å². The van der Waals surface area contributed by atoms with Crippen LogP contribution in [-0.2, 0) is 33.9 Å². The van der Waals surface area contributed by atoms with Crippen LogP contribution < -0.4 is 21.3 Å². The SMILES string of the molecule is CC(C)C[C@@H]1NC(=O)[C@@H](Cc2ccccc2)NC(=O)c2ccc(cc2)CN(Cc2ccn[nH]2)CCCCNC(=O)[C@@H](C)NC1=O. The normalized spacial score (nSPS) is 21.4. The van der Waals surface area contributed by atoms with E-state index in [9.17, 15) is 19.2 Å². The molecule has 45 heavy (non-hydrogen) atoms. The molecule has 4 amide bonds. The van der Waals surface area contributed by atoms with Crippen LogP contribution >= 0.6 is 0 Å². The van der Waals surface area contributed by atoms with Gasteiger partial charge in [-0.05, 0) is 68.0 Å². The Labute approximate surface area is 264 Å². The van der Waals surface area contributed by atoms with Crippen LogP contribution in [0.4, 0.5) is 0 Å². The van der Waals surface area contributed by atoms with Crippen molar-refractivity contribution >= 4 is 23.6 Å². The molecule has 0 saturated heterocycles. The zero-order chi connectivity index (χ0) is 32.2. The maximum atomic E-state index is 13.7. The number of hydrogen-bond donors (Lipinski definition) is 5. The second-order valence-electron chi connectivity index (χ2n) is 12.1. The lowest BCUT2D eigenvalue weighted by molar-refractivity contribution is -0.132. The van der Waals surface area contributed by atoms with E-state index in [4.69, 9.17) is 0 Å². The number of aromatic amines is 1. The summed E-state index contributed by atoms with van der Waals surface area (Å²) in [5, 5.41) is 18.5. The predicted octanol–water partition coefficient (Wildman–Crippen LogP) is 2.70. The third kappa shape index (κ3) is 10.6. The van der Waals surface area contributed by atoms with Crippen molar-refractivity contribution in [3.05, 3.63) is 89.2 Å². The molecular formula is C34H45N7O4. The lowest BCUT2D eigenvalue weighted by atomic mass is 10.0. The summed E-state index contributed by atoms with van der Waals surface area (Å²) in [6.45, 7) is 8.14. The summed E-state index contributed by atoms with van der Waals surface area (Å²) in [4.78, 5) is 55.5. The van der Waals surface area contributed by atoms with Gasteiger partial charge >= 0.3 is 0 Å². The molecule has 0 fully saturated rings. The highest BCUT2D eigenvalue weighted by molar-refractivity contribution is 5.98. The summed E-state index contributed by atoms with van der Waals surface area (Å²) < 4.78 is 0. The quantitative estimate of drug-likeness (QED) is 0.270. The highest BCUT2D eigenvalue weighted by Gasteiger charge is 2.29. The predicted molar refractivity (Wildman–Crippen MR) is 172 cm³/mol. The van der Waals surface area contributed by atoms with E-state index in [0.717, 1.165) is 36.2 Å². The molecule has 5 N–H and O–H groups in total. The molecule has 11 heteroatoms. The standard InChI is InChI=1S/C34H45N7O4/c1-23(2)19-29-33(44)37-24(3)31(42)35-16-7-8-18-41(22-28-15-17-36-40-28)21-26-11-13-27(14-12-26)32(43)38-30(34(45)39-29)20-25-9-5-4-6-10-25/h4-6,9-15,17,23-24,29-30H,7-8,16,18-22H2,1-3H3,(H,35,42)(H,36,40)(H,37,44)(H,38,43)(H,39,45)/t24-,29+,30-/m1/s1. The van der Waals surface area contributed by atoms with E-state index in [2.05, 4.69) is 36.4 Å². The fraction of sp³-hybridized carbons (Fsp3) is 0.441. The topological polar surface area (TPSA) is 148 Å². The molecule has 0 saturated carbocycles. The van der Waals surface area contributed by atoms with E-state index < -0.39 is 29.9 Å². The maximum Gasteiger partial charge on any atom is 0.251 e. The summed E-state index contributed by atoms with van der Waals surface area (Å²) in [7, 11) is 0. The molecule has 2 bridgehead atoms. The minimum absolute atomic E-state index is 0.0909. The van der Waals surface area contributed by atoms with Crippen LogP contribution in [0.1, 0.15) is 67.2 Å². The number of fused-ring (bicyclic) bond motifs is 18. The van der Waals surface area contributed by atoms with Crippen molar-refractivity contribution in [1.82, 2.24) is 36.4 Å². The Kier molecular flexibility index (Phi) is 12.3. The molecule has 0 spiro atoms. The monoisotopic (exact) mass is 615 g/mol. The Morgan fingerprint density at radius 2 is 1.58 bits per heavy atom. The van der Waals surface area contributed by atoms with Gasteiger partial charge in [-0.3, -0.25) is 29.2 Å². The summed E-state index contributed by atoms with van der Waals surface area (Å²) in [6.07, 6.45) is 3.95. The van der Waals surface area contributed by atoms with Crippen molar-refractivity contribution in [1.29, 1.82) is 0 Å². The van der Waals surface area contributed by atoms with Gasteiger partial charge in [-0.25, -0.2) is 0 Å². The molecular weight excluding hydrogens is 570 g/mol. The summed E-state index contributed by atoms with van der Waals surface area (Å²) in [5.41, 5.74) is 3.34. The van der Waals surface area contributed by atoms with E-state index in [1.807, 2.05) is 62.4 Å². The van der Waals surface area contributed by atoms with Crippen molar-refractivity contribution in [3.63, 3.8) is 0 Å². The molecule has 2 aliphatic heterocycles. The minimum atomic E-state index is -0.929. The summed E-state index contributed by atoms with van der Waals surface area (Å²) >= 11 is 0. The number of nitrogens with zero attached hydrogens (tertiary/aromatic N) is 2. The molecule has 5 rings (SSSR count). The third-order valence-corrected chi connectivity index (χ3v) is 7.77. The van der Waals surface area contributed by atoms with E-state index in [1.54, 1.807) is 25.3 Å². The number of aromatic nitrogens is 2. The number of H-pyrrole nitrogens is 1. The largest absolute Gasteiger partial charge is 0.354 e. The first kappa shape index (κ1) is 33.4. The smallest absolute Gasteiger partial charge is 0.251 e. The summed E-state index contributed by atoms with van der Waals surface area (Å²) in [5.74, 6) is -1.49. The molecule has 1 aromatic heterocycles. The molecule has 2 aromatic carbocycles. The van der Waals surface area contributed by atoms with E-state index in [0.29, 0.717) is 31.6 Å². The van der Waals surface area contributed by atoms with Crippen LogP contribution in [0.15, 0.2) is 66.9 Å². The van der Waals surface area contributed by atoms with Crippen LogP contribution in [0.25, 0.3) is 0 Å². The van der Waals surface area contributed by atoms with Gasteiger partial charge in [-0.1, -0.05) is 56.3 Å². The molecule has 0 aliphatic carbocycles. The fourth-order valence-corrected chi connectivity index (χ4v) is 5.33. The van der Waals surface area contributed by atoms with Crippen LogP contribution in [-0.4, -0.2) is 69.9 Å². The number of hydrogen-bond acceptors (Lipinski definition) is 6. The van der Waals surface area contributed by atoms with E-state index >= 15 is 0 Å². The Morgan fingerprint density at radius 3 is 2.27 bits per heavy atom. The number of amides is 4. The average molecular weight is 616 g/mol. The highest BCUT2D eigenvalue weighted by Crippen LogP contribution is 2.13. The number of carbonyl (C=O) groups is 4. The molecule has 0 radical (unpaired) electrons. The highest BCUT2D eigenvalue weighted by atomic mass is 16.2. The first-order chi connectivity index (χ1) is 21.7. The van der Waals surface area contributed by atoms with E-state index in [1.165, 1.54) is 0 Å². The molecule has 3 aromatic rings. The Hall–Kier alpha value is -4.51.